The van der Waals surface area contributed by atoms with Gasteiger partial charge in [0.25, 0.3) is 0 Å². The molecule has 0 radical (unpaired) electrons. The van der Waals surface area contributed by atoms with Crippen LogP contribution in [0.1, 0.15) is 37.4 Å². The summed E-state index contributed by atoms with van der Waals surface area (Å²) in [5, 5.41) is 3.41. The minimum atomic E-state index is -3.27. The number of sulfone groups is 1. The van der Waals surface area contributed by atoms with Crippen LogP contribution in [0.25, 0.3) is 0 Å². The van der Waals surface area contributed by atoms with Gasteiger partial charge in [-0.25, -0.2) is 8.42 Å². The molecule has 152 valence electrons. The molecule has 0 saturated carbocycles. The Morgan fingerprint density at radius 2 is 1.54 bits per heavy atom. The lowest BCUT2D eigenvalue weighted by molar-refractivity contribution is -0.143. The molecular weight excluding hydrogens is 442 g/mol. The summed E-state index contributed by atoms with van der Waals surface area (Å²) in [5.74, 6) is -0.0154. The number of ether oxygens (including phenoxy) is 1. The monoisotopic (exact) mass is 467 g/mol. The second-order valence-electron chi connectivity index (χ2n) is 7.20. The van der Waals surface area contributed by atoms with E-state index in [4.69, 9.17) is 4.74 Å². The molecule has 0 fully saturated rings. The Bertz CT molecular complexity index is 893. The zero-order chi connectivity index (χ0) is 20.9. The van der Waals surface area contributed by atoms with Gasteiger partial charge in [-0.05, 0) is 47.7 Å². The van der Waals surface area contributed by atoms with Crippen LogP contribution in [0.5, 0.6) is 0 Å². The summed E-state index contributed by atoms with van der Waals surface area (Å²) in [6.45, 7) is 4.10. The average Bonchev–Trinajstić information content (AvgIpc) is 2.64. The second-order valence-corrected chi connectivity index (χ2v) is 10.1. The first-order valence-electron chi connectivity index (χ1n) is 9.01. The van der Waals surface area contributed by atoms with Crippen molar-refractivity contribution in [3.05, 3.63) is 64.1 Å². The quantitative estimate of drug-likeness (QED) is 0.591. The lowest BCUT2D eigenvalue weighted by atomic mass is 9.95. The van der Waals surface area contributed by atoms with E-state index < -0.39 is 15.9 Å². The van der Waals surface area contributed by atoms with Gasteiger partial charge in [0, 0.05) is 10.7 Å². The summed E-state index contributed by atoms with van der Waals surface area (Å²) in [6.07, 6.45) is 1.81. The van der Waals surface area contributed by atoms with Gasteiger partial charge in [0.1, 0.15) is 6.04 Å². The minimum absolute atomic E-state index is 0.262. The molecule has 0 bridgehead atoms. The number of rotatable bonds is 8. The van der Waals surface area contributed by atoms with Gasteiger partial charge in [-0.15, -0.1) is 0 Å². The van der Waals surface area contributed by atoms with E-state index >= 15 is 0 Å². The Balaban J connectivity index is 2.44. The molecule has 0 aliphatic heterocycles. The van der Waals surface area contributed by atoms with Crippen LogP contribution in [-0.4, -0.2) is 33.8 Å². The van der Waals surface area contributed by atoms with E-state index in [0.717, 1.165) is 15.6 Å². The van der Waals surface area contributed by atoms with Crippen molar-refractivity contribution >= 4 is 31.7 Å². The maximum Gasteiger partial charge on any atom is 0.322 e. The predicted octanol–water partition coefficient (Wildman–Crippen LogP) is 4.12. The fraction of sp³-hybridized carbons (Fsp3) is 0.381. The molecule has 0 aliphatic carbocycles. The topological polar surface area (TPSA) is 72.5 Å². The van der Waals surface area contributed by atoms with Gasteiger partial charge in [-0.2, -0.15) is 0 Å². The maximum atomic E-state index is 12.3. The van der Waals surface area contributed by atoms with E-state index in [-0.39, 0.29) is 16.9 Å². The first-order chi connectivity index (χ1) is 13.1. The van der Waals surface area contributed by atoms with Crippen LogP contribution in [0.15, 0.2) is 57.9 Å². The Labute approximate surface area is 175 Å². The molecule has 2 aromatic rings. The predicted molar refractivity (Wildman–Crippen MR) is 114 cm³/mol. The van der Waals surface area contributed by atoms with Crippen molar-refractivity contribution < 1.29 is 17.9 Å². The number of halogens is 1. The van der Waals surface area contributed by atoms with Crippen molar-refractivity contribution in [2.45, 2.75) is 37.2 Å². The third-order valence-corrected chi connectivity index (χ3v) is 6.06. The Hall–Kier alpha value is -1.70. The number of hydrogen-bond donors (Lipinski definition) is 1. The Morgan fingerprint density at radius 1 is 1.04 bits per heavy atom. The molecule has 1 unspecified atom stereocenters. The van der Waals surface area contributed by atoms with Gasteiger partial charge in [-0.3, -0.25) is 10.1 Å². The molecule has 2 rings (SSSR count). The highest BCUT2D eigenvalue weighted by Gasteiger charge is 2.26. The van der Waals surface area contributed by atoms with Crippen molar-refractivity contribution in [3.63, 3.8) is 0 Å². The van der Waals surface area contributed by atoms with Gasteiger partial charge in [0.15, 0.2) is 9.84 Å². The Kier molecular flexibility index (Phi) is 7.80. The fourth-order valence-electron chi connectivity index (χ4n) is 2.99. The molecular formula is C21H26BrNO4S. The fourth-order valence-corrected chi connectivity index (χ4v) is 3.89. The minimum Gasteiger partial charge on any atom is -0.468 e. The van der Waals surface area contributed by atoms with Crippen molar-refractivity contribution in [1.29, 1.82) is 0 Å². The van der Waals surface area contributed by atoms with Crippen LogP contribution < -0.4 is 5.32 Å². The van der Waals surface area contributed by atoms with Crippen molar-refractivity contribution in [3.8, 4) is 0 Å². The molecule has 7 heteroatoms. The lowest BCUT2D eigenvalue weighted by Gasteiger charge is -2.26. The van der Waals surface area contributed by atoms with Gasteiger partial charge >= 0.3 is 5.97 Å². The number of methoxy groups -OCH3 is 1. The van der Waals surface area contributed by atoms with Gasteiger partial charge in [0.2, 0.25) is 0 Å². The van der Waals surface area contributed by atoms with E-state index in [1.54, 1.807) is 24.3 Å². The van der Waals surface area contributed by atoms with Crippen LogP contribution in [0, 0.1) is 5.92 Å². The first kappa shape index (κ1) is 22.6. The summed E-state index contributed by atoms with van der Waals surface area (Å²) < 4.78 is 29.5. The highest BCUT2D eigenvalue weighted by molar-refractivity contribution is 9.10. The lowest BCUT2D eigenvalue weighted by Crippen LogP contribution is -2.41. The van der Waals surface area contributed by atoms with Gasteiger partial charge in [0.05, 0.1) is 18.0 Å². The van der Waals surface area contributed by atoms with E-state index in [0.29, 0.717) is 12.3 Å². The molecule has 0 amide bonds. The van der Waals surface area contributed by atoms with Gasteiger partial charge < -0.3 is 4.74 Å². The highest BCUT2D eigenvalue weighted by Crippen LogP contribution is 2.26. The summed E-state index contributed by atoms with van der Waals surface area (Å²) >= 11 is 3.44. The summed E-state index contributed by atoms with van der Waals surface area (Å²) in [4.78, 5) is 12.6. The second kappa shape index (κ2) is 9.67. The number of carbonyl (C=O) groups is 1. The van der Waals surface area contributed by atoms with Gasteiger partial charge in [-0.1, -0.05) is 54.0 Å². The first-order valence-corrected chi connectivity index (χ1v) is 11.7. The molecule has 0 aliphatic rings. The largest absolute Gasteiger partial charge is 0.468 e. The normalized spacial score (nSPS) is 13.9. The highest BCUT2D eigenvalue weighted by atomic mass is 79.9. The standard InChI is InChI=1S/C21H26BrNO4S/c1-14(2)13-19(21(24)27-3)23-20(15-5-9-17(22)10-6-15)16-7-11-18(12-8-16)28(4,25)26/h5-12,14,19-20,23H,13H2,1-4H3/t19-,20?/m0/s1. The van der Waals surface area contributed by atoms with Crippen molar-refractivity contribution in [2.75, 3.05) is 13.4 Å². The molecule has 0 spiro atoms. The number of benzene rings is 2. The van der Waals surface area contributed by atoms with E-state index in [1.807, 2.05) is 38.1 Å². The molecule has 5 nitrogen and oxygen atoms in total. The number of nitrogens with one attached hydrogen (secondary N) is 1. The van der Waals surface area contributed by atoms with Crippen LogP contribution in [0.3, 0.4) is 0 Å². The Morgan fingerprint density at radius 3 is 1.96 bits per heavy atom. The summed E-state index contributed by atoms with van der Waals surface area (Å²) in [5.41, 5.74) is 1.83. The third kappa shape index (κ3) is 6.15. The third-order valence-electron chi connectivity index (χ3n) is 4.41. The molecule has 2 aromatic carbocycles. The van der Waals surface area contributed by atoms with E-state index in [9.17, 15) is 13.2 Å². The molecule has 28 heavy (non-hydrogen) atoms. The average molecular weight is 468 g/mol. The summed E-state index contributed by atoms with van der Waals surface area (Å²) in [7, 11) is -1.89. The van der Waals surface area contributed by atoms with Crippen LogP contribution in [0.2, 0.25) is 0 Å². The molecule has 1 N–H and O–H groups in total. The zero-order valence-electron chi connectivity index (χ0n) is 16.5. The van der Waals surface area contributed by atoms with Crippen molar-refractivity contribution in [1.82, 2.24) is 5.32 Å². The van der Waals surface area contributed by atoms with E-state index in [2.05, 4.69) is 21.2 Å². The van der Waals surface area contributed by atoms with E-state index in [1.165, 1.54) is 13.4 Å². The number of carbonyl (C=O) groups excluding carboxylic acids is 1. The maximum absolute atomic E-state index is 12.3. The summed E-state index contributed by atoms with van der Waals surface area (Å²) in [6, 6.07) is 13.8. The molecule has 0 heterocycles. The molecule has 0 saturated heterocycles. The van der Waals surface area contributed by atoms with Crippen molar-refractivity contribution in [2.24, 2.45) is 5.92 Å². The molecule has 0 aromatic heterocycles. The number of esters is 1. The SMILES string of the molecule is COC(=O)[C@H](CC(C)C)NC(c1ccc(Br)cc1)c1ccc(S(C)(=O)=O)cc1. The van der Waals surface area contributed by atoms with Crippen LogP contribution in [0.4, 0.5) is 0 Å². The smallest absolute Gasteiger partial charge is 0.322 e. The number of hydrogen-bond acceptors (Lipinski definition) is 5. The van der Waals surface area contributed by atoms with Crippen LogP contribution in [-0.2, 0) is 19.4 Å². The zero-order valence-corrected chi connectivity index (χ0v) is 18.9. The molecule has 2 atom stereocenters. The van der Waals surface area contributed by atoms with Crippen LogP contribution >= 0.6 is 15.9 Å².